The van der Waals surface area contributed by atoms with E-state index in [9.17, 15) is 8.42 Å². The average molecular weight is 466 g/mol. The molecule has 1 aromatic rings. The molecule has 0 spiro atoms. The quantitative estimate of drug-likeness (QED) is 0.653. The second kappa shape index (κ2) is 6.42. The Morgan fingerprint density at radius 3 is 2.15 bits per heavy atom. The van der Waals surface area contributed by atoms with Gasteiger partial charge in [-0.1, -0.05) is 67.9 Å². The van der Waals surface area contributed by atoms with E-state index in [4.69, 9.17) is 23.2 Å². The summed E-state index contributed by atoms with van der Waals surface area (Å²) < 4.78 is 28.6. The lowest BCUT2D eigenvalue weighted by atomic mass is 10.0. The fourth-order valence-corrected chi connectivity index (χ4v) is 6.72. The van der Waals surface area contributed by atoms with E-state index in [1.54, 1.807) is 0 Å². The summed E-state index contributed by atoms with van der Waals surface area (Å²) in [5, 5.41) is 0.796. The molecule has 8 heteroatoms. The van der Waals surface area contributed by atoms with Crippen LogP contribution in [0.3, 0.4) is 0 Å². The second-order valence-corrected chi connectivity index (χ2v) is 8.84. The number of alkyl halides is 1. The van der Waals surface area contributed by atoms with Crippen LogP contribution in [0.2, 0.25) is 10.0 Å². The fourth-order valence-electron chi connectivity index (χ4n) is 2.44. The molecule has 1 aliphatic rings. The van der Waals surface area contributed by atoms with Gasteiger partial charge in [0.25, 0.3) is 0 Å². The standard InChI is InChI=1S/C12H13Br2Cl2NO2S/c13-7-12(3-1-2-4-12)17-20(18,19)11-9(15)5-8(14)6-10(11)16/h5-6,17H,1-4,7H2. The van der Waals surface area contributed by atoms with Crippen molar-refractivity contribution in [1.29, 1.82) is 0 Å². The second-order valence-electron chi connectivity index (χ2n) is 4.93. The Morgan fingerprint density at radius 1 is 1.20 bits per heavy atom. The van der Waals surface area contributed by atoms with Crippen molar-refractivity contribution in [2.24, 2.45) is 0 Å². The van der Waals surface area contributed by atoms with E-state index in [1.807, 2.05) is 0 Å². The maximum absolute atomic E-state index is 12.6. The van der Waals surface area contributed by atoms with E-state index in [2.05, 4.69) is 36.6 Å². The molecule has 20 heavy (non-hydrogen) atoms. The normalized spacial score (nSPS) is 18.4. The molecule has 0 heterocycles. The highest BCUT2D eigenvalue weighted by Crippen LogP contribution is 2.37. The van der Waals surface area contributed by atoms with E-state index in [1.165, 1.54) is 12.1 Å². The maximum atomic E-state index is 12.6. The predicted molar refractivity (Wildman–Crippen MR) is 89.5 cm³/mol. The Bertz CT molecular complexity index is 593. The van der Waals surface area contributed by atoms with Crippen molar-refractivity contribution in [3.63, 3.8) is 0 Å². The zero-order chi connectivity index (χ0) is 15.0. The molecule has 0 atom stereocenters. The Kier molecular flexibility index (Phi) is 5.47. The molecule has 1 saturated carbocycles. The lowest BCUT2D eigenvalue weighted by Gasteiger charge is -2.28. The van der Waals surface area contributed by atoms with Crippen LogP contribution in [-0.4, -0.2) is 19.3 Å². The zero-order valence-electron chi connectivity index (χ0n) is 10.4. The number of benzene rings is 1. The SMILES string of the molecule is O=S(=O)(NC1(CBr)CCCC1)c1c(Cl)cc(Br)cc1Cl. The van der Waals surface area contributed by atoms with Gasteiger partial charge in [-0.25, -0.2) is 13.1 Å². The van der Waals surface area contributed by atoms with Gasteiger partial charge in [0.2, 0.25) is 10.0 Å². The average Bonchev–Trinajstić information content (AvgIpc) is 2.75. The van der Waals surface area contributed by atoms with Crippen LogP contribution in [0.25, 0.3) is 0 Å². The van der Waals surface area contributed by atoms with Gasteiger partial charge in [0.15, 0.2) is 0 Å². The smallest absolute Gasteiger partial charge is 0.207 e. The van der Waals surface area contributed by atoms with Crippen LogP contribution in [0.15, 0.2) is 21.5 Å². The van der Waals surface area contributed by atoms with Gasteiger partial charge in [-0.2, -0.15) is 0 Å². The third-order valence-electron chi connectivity index (χ3n) is 3.40. The Balaban J connectivity index is 2.41. The summed E-state index contributed by atoms with van der Waals surface area (Å²) >= 11 is 18.7. The molecule has 1 aromatic carbocycles. The molecule has 0 unspecified atom stereocenters. The van der Waals surface area contributed by atoms with E-state index in [-0.39, 0.29) is 14.9 Å². The van der Waals surface area contributed by atoms with Crippen molar-refractivity contribution >= 4 is 65.1 Å². The minimum atomic E-state index is -3.76. The van der Waals surface area contributed by atoms with Crippen LogP contribution in [0.1, 0.15) is 25.7 Å². The lowest BCUT2D eigenvalue weighted by Crippen LogP contribution is -2.47. The molecule has 0 aromatic heterocycles. The number of hydrogen-bond acceptors (Lipinski definition) is 2. The number of sulfonamides is 1. The van der Waals surface area contributed by atoms with Crippen molar-refractivity contribution in [3.05, 3.63) is 26.7 Å². The Labute approximate surface area is 145 Å². The Morgan fingerprint density at radius 2 is 1.70 bits per heavy atom. The van der Waals surface area contributed by atoms with Crippen molar-refractivity contribution < 1.29 is 8.42 Å². The number of halogens is 4. The summed E-state index contributed by atoms with van der Waals surface area (Å²) in [4.78, 5) is -0.0590. The predicted octanol–water partition coefficient (Wildman–Crippen LogP) is 4.74. The van der Waals surface area contributed by atoms with Gasteiger partial charge >= 0.3 is 0 Å². The van der Waals surface area contributed by atoms with Gasteiger partial charge in [0, 0.05) is 15.3 Å². The Hall–Kier alpha value is 0.670. The van der Waals surface area contributed by atoms with Gasteiger partial charge in [0.05, 0.1) is 10.0 Å². The van der Waals surface area contributed by atoms with Gasteiger partial charge in [-0.15, -0.1) is 0 Å². The molecule has 3 nitrogen and oxygen atoms in total. The van der Waals surface area contributed by atoms with Crippen LogP contribution >= 0.6 is 55.1 Å². The number of nitrogens with one attached hydrogen (secondary N) is 1. The first-order valence-corrected chi connectivity index (χ1v) is 10.2. The minimum absolute atomic E-state index is 0.0590. The topological polar surface area (TPSA) is 46.2 Å². The molecule has 0 saturated heterocycles. The molecule has 0 aliphatic heterocycles. The highest BCUT2D eigenvalue weighted by Gasteiger charge is 2.38. The molecule has 0 radical (unpaired) electrons. The van der Waals surface area contributed by atoms with Crippen molar-refractivity contribution in [3.8, 4) is 0 Å². The largest absolute Gasteiger partial charge is 0.244 e. The first kappa shape index (κ1) is 17.0. The molecule has 112 valence electrons. The van der Waals surface area contributed by atoms with Crippen LogP contribution < -0.4 is 4.72 Å². The van der Waals surface area contributed by atoms with E-state index < -0.39 is 15.6 Å². The van der Waals surface area contributed by atoms with Crippen molar-refractivity contribution in [1.82, 2.24) is 4.72 Å². The molecule has 0 amide bonds. The van der Waals surface area contributed by atoms with Crippen LogP contribution in [-0.2, 0) is 10.0 Å². The lowest BCUT2D eigenvalue weighted by molar-refractivity contribution is 0.438. The minimum Gasteiger partial charge on any atom is -0.207 e. The highest BCUT2D eigenvalue weighted by molar-refractivity contribution is 9.10. The summed E-state index contributed by atoms with van der Waals surface area (Å²) in [6.45, 7) is 0. The number of hydrogen-bond donors (Lipinski definition) is 1. The zero-order valence-corrected chi connectivity index (χ0v) is 15.9. The molecule has 0 bridgehead atoms. The third kappa shape index (κ3) is 3.52. The summed E-state index contributed by atoms with van der Waals surface area (Å²) in [6.07, 6.45) is 3.64. The van der Waals surface area contributed by atoms with Gasteiger partial charge < -0.3 is 0 Å². The number of rotatable bonds is 4. The molecule has 1 aliphatic carbocycles. The molecule has 2 rings (SSSR count). The van der Waals surface area contributed by atoms with Crippen molar-refractivity contribution in [2.75, 3.05) is 5.33 Å². The fraction of sp³-hybridized carbons (Fsp3) is 0.500. The molecule has 1 N–H and O–H groups in total. The third-order valence-corrected chi connectivity index (χ3v) is 7.43. The van der Waals surface area contributed by atoms with E-state index in [0.717, 1.165) is 25.7 Å². The molecular formula is C12H13Br2Cl2NO2S. The first-order valence-electron chi connectivity index (χ1n) is 6.04. The van der Waals surface area contributed by atoms with Gasteiger partial charge in [-0.3, -0.25) is 0 Å². The maximum Gasteiger partial charge on any atom is 0.244 e. The van der Waals surface area contributed by atoms with E-state index in [0.29, 0.717) is 9.80 Å². The van der Waals surface area contributed by atoms with Crippen molar-refractivity contribution in [2.45, 2.75) is 36.1 Å². The van der Waals surface area contributed by atoms with Gasteiger partial charge in [-0.05, 0) is 25.0 Å². The summed E-state index contributed by atoms with van der Waals surface area (Å²) in [5.74, 6) is 0. The summed E-state index contributed by atoms with van der Waals surface area (Å²) in [7, 11) is -3.76. The van der Waals surface area contributed by atoms with E-state index >= 15 is 0 Å². The van der Waals surface area contributed by atoms with Crippen LogP contribution in [0.5, 0.6) is 0 Å². The van der Waals surface area contributed by atoms with Gasteiger partial charge in [0.1, 0.15) is 4.90 Å². The summed E-state index contributed by atoms with van der Waals surface area (Å²) in [6, 6.07) is 3.05. The highest BCUT2D eigenvalue weighted by atomic mass is 79.9. The first-order chi connectivity index (χ1) is 9.30. The molecular weight excluding hydrogens is 453 g/mol. The monoisotopic (exact) mass is 463 g/mol. The summed E-state index contributed by atoms with van der Waals surface area (Å²) in [5.41, 5.74) is -0.446. The van der Waals surface area contributed by atoms with Crippen LogP contribution in [0, 0.1) is 0 Å². The molecule has 1 fully saturated rings. The van der Waals surface area contributed by atoms with Crippen LogP contribution in [0.4, 0.5) is 0 Å².